The van der Waals surface area contributed by atoms with E-state index in [1.807, 2.05) is 40.4 Å². The average Bonchev–Trinajstić information content (AvgIpc) is 3.05. The Labute approximate surface area is 165 Å². The number of anilines is 1. The third-order valence-corrected chi connectivity index (χ3v) is 6.97. The Morgan fingerprint density at radius 3 is 2.79 bits per heavy atom. The van der Waals surface area contributed by atoms with Crippen LogP contribution in [0.3, 0.4) is 0 Å². The van der Waals surface area contributed by atoms with Crippen LogP contribution in [0.25, 0.3) is 27.2 Å². The van der Waals surface area contributed by atoms with Crippen molar-refractivity contribution in [3.05, 3.63) is 52.5 Å². The summed E-state index contributed by atoms with van der Waals surface area (Å²) in [5, 5.41) is 2.89. The van der Waals surface area contributed by atoms with Crippen molar-refractivity contribution in [3.63, 3.8) is 0 Å². The number of aromatic nitrogens is 2. The van der Waals surface area contributed by atoms with Gasteiger partial charge in [0.05, 0.1) is 11.3 Å². The van der Waals surface area contributed by atoms with E-state index in [0.717, 1.165) is 47.0 Å². The van der Waals surface area contributed by atoms with Crippen LogP contribution in [-0.4, -0.2) is 47.5 Å². The molecule has 6 nitrogen and oxygen atoms in total. The Morgan fingerprint density at radius 2 is 2.04 bits per heavy atom. The minimum absolute atomic E-state index is 0.340. The van der Waals surface area contributed by atoms with E-state index in [2.05, 4.69) is 34.9 Å². The number of piperidine rings is 1. The van der Waals surface area contributed by atoms with E-state index in [4.69, 9.17) is 4.42 Å². The van der Waals surface area contributed by atoms with Crippen molar-refractivity contribution in [2.75, 3.05) is 32.1 Å². The lowest BCUT2D eigenvalue weighted by atomic mass is 10.1. The van der Waals surface area contributed by atoms with Crippen LogP contribution in [0.15, 0.2) is 51.3 Å². The van der Waals surface area contributed by atoms with Gasteiger partial charge in [-0.15, -0.1) is 11.3 Å². The number of fused-ring (bicyclic) bond motifs is 3. The van der Waals surface area contributed by atoms with E-state index >= 15 is 0 Å². The molecule has 4 aromatic rings. The molecular weight excluding hydrogens is 372 g/mol. The highest BCUT2D eigenvalue weighted by atomic mass is 32.1. The van der Waals surface area contributed by atoms with Crippen LogP contribution < -0.4 is 10.5 Å². The first-order valence-electron chi connectivity index (χ1n) is 9.50. The van der Waals surface area contributed by atoms with Gasteiger partial charge in [-0.3, -0.25) is 4.40 Å². The van der Waals surface area contributed by atoms with E-state index in [1.165, 1.54) is 0 Å². The van der Waals surface area contributed by atoms with Crippen molar-refractivity contribution in [3.8, 4) is 11.3 Å². The summed E-state index contributed by atoms with van der Waals surface area (Å²) in [4.78, 5) is 22.8. The molecule has 1 aliphatic carbocycles. The van der Waals surface area contributed by atoms with Crippen molar-refractivity contribution in [2.45, 2.75) is 6.04 Å². The first kappa shape index (κ1) is 16.3. The molecule has 0 bridgehead atoms. The van der Waals surface area contributed by atoms with Gasteiger partial charge in [-0.2, -0.15) is 0 Å². The zero-order valence-corrected chi connectivity index (χ0v) is 16.5. The summed E-state index contributed by atoms with van der Waals surface area (Å²) in [5.74, 6) is 1.52. The maximum atomic E-state index is 12.6. The Kier molecular flexibility index (Phi) is 3.31. The average molecular weight is 392 g/mol. The maximum Gasteiger partial charge on any atom is 0.345 e. The third-order valence-electron chi connectivity index (χ3n) is 6.20. The quantitative estimate of drug-likeness (QED) is 0.501. The van der Waals surface area contributed by atoms with Crippen LogP contribution in [0.4, 0.5) is 5.69 Å². The number of thiazole rings is 1. The minimum atomic E-state index is -0.340. The molecule has 3 atom stereocenters. The summed E-state index contributed by atoms with van der Waals surface area (Å²) in [5.41, 5.74) is 2.59. The van der Waals surface area contributed by atoms with Crippen LogP contribution in [0.2, 0.25) is 0 Å². The highest BCUT2D eigenvalue weighted by molar-refractivity contribution is 7.15. The molecule has 1 unspecified atom stereocenters. The number of rotatable bonds is 3. The molecule has 1 aliphatic heterocycles. The van der Waals surface area contributed by atoms with Crippen LogP contribution in [0.1, 0.15) is 0 Å². The lowest BCUT2D eigenvalue weighted by Gasteiger charge is -2.24. The summed E-state index contributed by atoms with van der Waals surface area (Å²) in [6, 6.07) is 8.79. The van der Waals surface area contributed by atoms with E-state index in [1.54, 1.807) is 11.3 Å². The van der Waals surface area contributed by atoms with Crippen LogP contribution >= 0.6 is 11.3 Å². The smallest absolute Gasteiger partial charge is 0.345 e. The van der Waals surface area contributed by atoms with Gasteiger partial charge in [0.1, 0.15) is 5.58 Å². The molecule has 2 aliphatic rings. The molecule has 2 fully saturated rings. The summed E-state index contributed by atoms with van der Waals surface area (Å²) >= 11 is 1.54. The van der Waals surface area contributed by atoms with Crippen LogP contribution in [0.5, 0.6) is 0 Å². The van der Waals surface area contributed by atoms with Crippen LogP contribution in [-0.2, 0) is 0 Å². The Bertz CT molecular complexity index is 1230. The Hall–Kier alpha value is -2.64. The highest BCUT2D eigenvalue weighted by Gasteiger charge is 2.56. The summed E-state index contributed by atoms with van der Waals surface area (Å²) in [7, 11) is 4.33. The highest BCUT2D eigenvalue weighted by Crippen LogP contribution is 2.49. The van der Waals surface area contributed by atoms with Gasteiger partial charge < -0.3 is 14.2 Å². The van der Waals surface area contributed by atoms with Crippen molar-refractivity contribution >= 4 is 33.0 Å². The molecule has 7 heteroatoms. The summed E-state index contributed by atoms with van der Waals surface area (Å²) in [6.45, 7) is 2.15. The lowest BCUT2D eigenvalue weighted by molar-refractivity contribution is 0.357. The second-order valence-corrected chi connectivity index (χ2v) is 8.95. The lowest BCUT2D eigenvalue weighted by Crippen LogP contribution is -2.30. The number of hydrogen-bond donors (Lipinski definition) is 0. The Balaban J connectivity index is 1.33. The molecule has 28 heavy (non-hydrogen) atoms. The molecular formula is C21H20N4O2S. The predicted molar refractivity (Wildman–Crippen MR) is 111 cm³/mol. The summed E-state index contributed by atoms with van der Waals surface area (Å²) in [6.07, 6.45) is 3.81. The molecule has 0 N–H and O–H groups in total. The van der Waals surface area contributed by atoms with Crippen LogP contribution in [0, 0.1) is 11.8 Å². The van der Waals surface area contributed by atoms with Gasteiger partial charge in [-0.25, -0.2) is 9.78 Å². The van der Waals surface area contributed by atoms with E-state index in [0.29, 0.717) is 16.8 Å². The molecule has 142 valence electrons. The fourth-order valence-electron chi connectivity index (χ4n) is 4.80. The second-order valence-electron chi connectivity index (χ2n) is 8.08. The molecule has 0 spiro atoms. The fourth-order valence-corrected chi connectivity index (χ4v) is 5.50. The van der Waals surface area contributed by atoms with Crippen molar-refractivity contribution in [2.24, 2.45) is 11.8 Å². The molecule has 1 saturated heterocycles. The zero-order valence-electron chi connectivity index (χ0n) is 15.7. The van der Waals surface area contributed by atoms with Gasteiger partial charge in [0.15, 0.2) is 4.96 Å². The van der Waals surface area contributed by atoms with E-state index < -0.39 is 0 Å². The topological polar surface area (TPSA) is 54.0 Å². The molecule has 0 amide bonds. The molecule has 4 heterocycles. The molecule has 1 saturated carbocycles. The predicted octanol–water partition coefficient (Wildman–Crippen LogP) is 3.17. The van der Waals surface area contributed by atoms with Crippen molar-refractivity contribution < 1.29 is 4.42 Å². The minimum Gasteiger partial charge on any atom is -0.422 e. The monoisotopic (exact) mass is 392 g/mol. The van der Waals surface area contributed by atoms with Crippen molar-refractivity contribution in [1.82, 2.24) is 14.3 Å². The van der Waals surface area contributed by atoms with E-state index in [-0.39, 0.29) is 5.63 Å². The van der Waals surface area contributed by atoms with Crippen molar-refractivity contribution in [1.29, 1.82) is 0 Å². The van der Waals surface area contributed by atoms with Gasteiger partial charge in [0.25, 0.3) is 0 Å². The number of imidazole rings is 1. The normalized spacial score (nSPS) is 23.8. The molecule has 1 aromatic carbocycles. The first-order chi connectivity index (χ1) is 13.6. The largest absolute Gasteiger partial charge is 0.422 e. The number of hydrogen-bond acceptors (Lipinski definition) is 6. The molecule has 3 aromatic heterocycles. The van der Waals surface area contributed by atoms with Gasteiger partial charge in [-0.05, 0) is 44.1 Å². The van der Waals surface area contributed by atoms with Gasteiger partial charge in [-0.1, -0.05) is 0 Å². The number of benzene rings is 1. The third kappa shape index (κ3) is 2.36. The maximum absolute atomic E-state index is 12.6. The molecule has 0 radical (unpaired) electrons. The first-order valence-corrected chi connectivity index (χ1v) is 10.4. The van der Waals surface area contributed by atoms with E-state index in [9.17, 15) is 4.79 Å². The second kappa shape index (κ2) is 5.68. The zero-order chi connectivity index (χ0) is 19.0. The van der Waals surface area contributed by atoms with Gasteiger partial charge >= 0.3 is 5.63 Å². The summed E-state index contributed by atoms with van der Waals surface area (Å²) < 4.78 is 7.60. The Morgan fingerprint density at radius 1 is 1.21 bits per heavy atom. The number of nitrogens with zero attached hydrogens (tertiary/aromatic N) is 4. The van der Waals surface area contributed by atoms with Gasteiger partial charge in [0, 0.05) is 54.0 Å². The molecule has 6 rings (SSSR count). The standard InChI is InChI=1S/C21H20N4O2S/c1-23(2)19-15-9-25(10-16(15)19)13-4-3-12-7-14(20(26)27-18(12)8-13)17-11-24-5-6-28-21(24)22-17/h3-8,11,15-16,19H,9-10H2,1-2H3/t15-,16+,19?. The van der Waals surface area contributed by atoms with Gasteiger partial charge in [0.2, 0.25) is 0 Å². The SMILES string of the molecule is CN(C)C1[C@H]2CN(c3ccc4cc(-c5cn6ccsc6n5)c(=O)oc4c3)C[C@@H]12. The fraction of sp³-hybridized carbons (Fsp3) is 0.333.